The summed E-state index contributed by atoms with van der Waals surface area (Å²) >= 11 is 6.83. The molecule has 1 aromatic heterocycles. The lowest BCUT2D eigenvalue weighted by atomic mass is 10.2. The molecule has 66 valence electrons. The van der Waals surface area contributed by atoms with Crippen molar-refractivity contribution in [1.82, 2.24) is 4.98 Å². The molecule has 2 aromatic rings. The van der Waals surface area contributed by atoms with Gasteiger partial charge in [0.15, 0.2) is 6.39 Å². The molecule has 0 spiro atoms. The van der Waals surface area contributed by atoms with Gasteiger partial charge < -0.3 is 4.42 Å². The second-order valence-electron chi connectivity index (χ2n) is 2.50. The topological polar surface area (TPSA) is 26.0 Å². The second-order valence-corrected chi connectivity index (χ2v) is 4.21. The Bertz CT molecular complexity index is 412. The lowest BCUT2D eigenvalue weighted by Gasteiger charge is -1.98. The van der Waals surface area contributed by atoms with Crippen LogP contribution in [-0.4, -0.2) is 4.98 Å². The molecule has 1 heterocycles. The number of benzene rings is 1. The van der Waals surface area contributed by atoms with Crippen molar-refractivity contribution in [3.05, 3.63) is 39.8 Å². The van der Waals surface area contributed by atoms with E-state index in [4.69, 9.17) is 4.42 Å². The quantitative estimate of drug-likeness (QED) is 0.799. The zero-order valence-electron chi connectivity index (χ0n) is 6.50. The zero-order valence-corrected chi connectivity index (χ0v) is 9.67. The van der Waals surface area contributed by atoms with Crippen LogP contribution in [0.25, 0.3) is 11.3 Å². The third-order valence-electron chi connectivity index (χ3n) is 1.65. The van der Waals surface area contributed by atoms with Crippen LogP contribution in [-0.2, 0) is 0 Å². The molecule has 0 radical (unpaired) electrons. The van der Waals surface area contributed by atoms with Crippen LogP contribution < -0.4 is 0 Å². The number of oxazole rings is 1. The van der Waals surface area contributed by atoms with E-state index < -0.39 is 0 Å². The first-order valence-electron chi connectivity index (χ1n) is 3.61. The van der Waals surface area contributed by atoms with E-state index in [0.29, 0.717) is 0 Å². The van der Waals surface area contributed by atoms with Crippen molar-refractivity contribution < 1.29 is 4.42 Å². The summed E-state index contributed by atoms with van der Waals surface area (Å²) in [7, 11) is 0. The van der Waals surface area contributed by atoms with Gasteiger partial charge in [0.25, 0.3) is 0 Å². The Kier molecular flexibility index (Phi) is 2.51. The Labute approximate surface area is 92.2 Å². The Morgan fingerprint density at radius 3 is 2.62 bits per heavy atom. The normalized spacial score (nSPS) is 10.3. The maximum Gasteiger partial charge on any atom is 0.181 e. The van der Waals surface area contributed by atoms with Crippen LogP contribution in [0.5, 0.6) is 0 Å². The van der Waals surface area contributed by atoms with Gasteiger partial charge in [-0.15, -0.1) is 0 Å². The molecule has 13 heavy (non-hydrogen) atoms. The van der Waals surface area contributed by atoms with Crippen molar-refractivity contribution in [3.63, 3.8) is 0 Å². The van der Waals surface area contributed by atoms with Gasteiger partial charge >= 0.3 is 0 Å². The Morgan fingerprint density at radius 2 is 2.00 bits per heavy atom. The molecule has 0 unspecified atom stereocenters. The maximum atomic E-state index is 4.90. The van der Waals surface area contributed by atoms with Crippen LogP contribution in [0.4, 0.5) is 0 Å². The molecule has 0 aliphatic rings. The predicted octanol–water partition coefficient (Wildman–Crippen LogP) is 3.87. The maximum absolute atomic E-state index is 4.90. The molecule has 0 atom stereocenters. The average molecular weight is 303 g/mol. The van der Waals surface area contributed by atoms with Crippen molar-refractivity contribution in [1.29, 1.82) is 0 Å². The lowest BCUT2D eigenvalue weighted by molar-refractivity contribution is 0.558. The fourth-order valence-electron chi connectivity index (χ4n) is 1.01. The molecule has 4 heteroatoms. The molecule has 0 amide bonds. The number of halogens is 2. The molecule has 0 saturated heterocycles. The highest BCUT2D eigenvalue weighted by Crippen LogP contribution is 2.28. The number of aromatic nitrogens is 1. The van der Waals surface area contributed by atoms with Gasteiger partial charge in [0, 0.05) is 14.5 Å². The van der Waals surface area contributed by atoms with Crippen molar-refractivity contribution >= 4 is 31.9 Å². The van der Waals surface area contributed by atoms with E-state index in [0.717, 1.165) is 20.2 Å². The summed E-state index contributed by atoms with van der Waals surface area (Å²) in [5, 5.41) is 0. The standard InChI is InChI=1S/C9H5Br2NO/c10-7-2-1-6(3-8(7)11)9-4-13-5-12-9/h1-5H. The van der Waals surface area contributed by atoms with Gasteiger partial charge in [-0.3, -0.25) is 0 Å². The van der Waals surface area contributed by atoms with Crippen molar-refractivity contribution in [2.24, 2.45) is 0 Å². The summed E-state index contributed by atoms with van der Waals surface area (Å²) in [6.45, 7) is 0. The molecule has 0 fully saturated rings. The molecular weight excluding hydrogens is 298 g/mol. The summed E-state index contributed by atoms with van der Waals surface area (Å²) in [6, 6.07) is 5.93. The van der Waals surface area contributed by atoms with Gasteiger partial charge in [-0.05, 0) is 44.0 Å². The van der Waals surface area contributed by atoms with Crippen LogP contribution in [0.3, 0.4) is 0 Å². The first-order valence-corrected chi connectivity index (χ1v) is 5.19. The summed E-state index contributed by atoms with van der Waals surface area (Å²) in [4.78, 5) is 4.05. The average Bonchev–Trinajstić information content (AvgIpc) is 2.62. The highest BCUT2D eigenvalue weighted by molar-refractivity contribution is 9.13. The van der Waals surface area contributed by atoms with Gasteiger partial charge in [-0.1, -0.05) is 6.07 Å². The third-order valence-corrected chi connectivity index (χ3v) is 3.53. The van der Waals surface area contributed by atoms with E-state index in [-0.39, 0.29) is 0 Å². The summed E-state index contributed by atoms with van der Waals surface area (Å²) in [5.74, 6) is 0. The molecule has 2 rings (SSSR count). The third kappa shape index (κ3) is 1.84. The predicted molar refractivity (Wildman–Crippen MR) is 57.3 cm³/mol. The van der Waals surface area contributed by atoms with Crippen LogP contribution in [0.1, 0.15) is 0 Å². The number of rotatable bonds is 1. The van der Waals surface area contributed by atoms with E-state index in [1.807, 2.05) is 18.2 Å². The van der Waals surface area contributed by atoms with E-state index in [1.54, 1.807) is 6.26 Å². The minimum absolute atomic E-state index is 0.841. The smallest absolute Gasteiger partial charge is 0.181 e. The van der Waals surface area contributed by atoms with Crippen LogP contribution in [0.15, 0.2) is 44.2 Å². The van der Waals surface area contributed by atoms with Gasteiger partial charge in [0.2, 0.25) is 0 Å². The van der Waals surface area contributed by atoms with Crippen molar-refractivity contribution in [2.75, 3.05) is 0 Å². The Hall–Kier alpha value is -0.610. The second kappa shape index (κ2) is 3.64. The van der Waals surface area contributed by atoms with E-state index in [9.17, 15) is 0 Å². The monoisotopic (exact) mass is 301 g/mol. The van der Waals surface area contributed by atoms with Crippen molar-refractivity contribution in [3.8, 4) is 11.3 Å². The van der Waals surface area contributed by atoms with Gasteiger partial charge in [-0.25, -0.2) is 4.98 Å². The number of hydrogen-bond donors (Lipinski definition) is 0. The van der Waals surface area contributed by atoms with Crippen LogP contribution >= 0.6 is 31.9 Å². The fourth-order valence-corrected chi connectivity index (χ4v) is 1.64. The van der Waals surface area contributed by atoms with E-state index in [2.05, 4.69) is 36.8 Å². The van der Waals surface area contributed by atoms with Crippen LogP contribution in [0, 0.1) is 0 Å². The largest absolute Gasteiger partial charge is 0.451 e. The molecule has 1 aromatic carbocycles. The zero-order chi connectivity index (χ0) is 9.26. The lowest BCUT2D eigenvalue weighted by Crippen LogP contribution is -1.77. The molecular formula is C9H5Br2NO. The number of hydrogen-bond acceptors (Lipinski definition) is 2. The summed E-state index contributed by atoms with van der Waals surface area (Å²) in [6.07, 6.45) is 3.04. The Balaban J connectivity index is 2.49. The Morgan fingerprint density at radius 1 is 1.15 bits per heavy atom. The van der Waals surface area contributed by atoms with E-state index in [1.165, 1.54) is 6.39 Å². The molecule has 0 aliphatic heterocycles. The first-order chi connectivity index (χ1) is 6.27. The molecule has 0 saturated carbocycles. The van der Waals surface area contributed by atoms with Gasteiger partial charge in [0.1, 0.15) is 12.0 Å². The highest BCUT2D eigenvalue weighted by Gasteiger charge is 2.02. The first kappa shape index (κ1) is 8.97. The van der Waals surface area contributed by atoms with Crippen LogP contribution in [0.2, 0.25) is 0 Å². The molecule has 2 nitrogen and oxygen atoms in total. The molecule has 0 aliphatic carbocycles. The van der Waals surface area contributed by atoms with Gasteiger partial charge in [0.05, 0.1) is 0 Å². The minimum Gasteiger partial charge on any atom is -0.451 e. The van der Waals surface area contributed by atoms with Gasteiger partial charge in [-0.2, -0.15) is 0 Å². The van der Waals surface area contributed by atoms with Crippen molar-refractivity contribution in [2.45, 2.75) is 0 Å². The molecule has 0 N–H and O–H groups in total. The summed E-state index contributed by atoms with van der Waals surface area (Å²) < 4.78 is 6.94. The fraction of sp³-hybridized carbons (Fsp3) is 0. The minimum atomic E-state index is 0.841. The SMILES string of the molecule is Brc1ccc(-c2cocn2)cc1Br. The number of nitrogens with zero attached hydrogens (tertiary/aromatic N) is 1. The van der Waals surface area contributed by atoms with E-state index >= 15 is 0 Å². The highest BCUT2D eigenvalue weighted by atomic mass is 79.9. The summed E-state index contributed by atoms with van der Waals surface area (Å²) in [5.41, 5.74) is 1.87. The molecule has 0 bridgehead atoms.